The monoisotopic (exact) mass is 233 g/mol. The number of carbonyl (C=O) groups is 1. The van der Waals surface area contributed by atoms with Crippen molar-refractivity contribution in [1.82, 2.24) is 4.90 Å². The highest BCUT2D eigenvalue weighted by atomic mass is 16.4. The molecule has 1 aliphatic heterocycles. The highest BCUT2D eigenvalue weighted by molar-refractivity contribution is 5.76. The number of carboxylic acid groups (broad SMARTS) is 1. The van der Waals surface area contributed by atoms with Crippen molar-refractivity contribution in [1.29, 1.82) is 0 Å². The molecule has 0 radical (unpaired) electrons. The van der Waals surface area contributed by atoms with Crippen LogP contribution in [0.4, 0.5) is 0 Å². The lowest BCUT2D eigenvalue weighted by atomic mass is 9.98. The van der Waals surface area contributed by atoms with Crippen molar-refractivity contribution < 1.29 is 9.90 Å². The van der Waals surface area contributed by atoms with Crippen molar-refractivity contribution in [3.05, 3.63) is 34.9 Å². The van der Waals surface area contributed by atoms with Gasteiger partial charge in [-0.25, -0.2) is 0 Å². The second kappa shape index (κ2) is 4.88. The molecular weight excluding hydrogens is 214 g/mol. The molecule has 0 bridgehead atoms. The molecule has 1 aliphatic rings. The molecule has 1 heterocycles. The van der Waals surface area contributed by atoms with Crippen molar-refractivity contribution in [3.8, 4) is 0 Å². The molecular formula is C14H19NO2. The van der Waals surface area contributed by atoms with E-state index in [2.05, 4.69) is 11.0 Å². The lowest BCUT2D eigenvalue weighted by Crippen LogP contribution is -2.32. The van der Waals surface area contributed by atoms with Gasteiger partial charge in [0.1, 0.15) is 6.04 Å². The molecule has 0 spiro atoms. The third-order valence-electron chi connectivity index (χ3n) is 3.46. The Balaban J connectivity index is 2.35. The number of benzene rings is 1. The molecule has 92 valence electrons. The lowest BCUT2D eigenvalue weighted by molar-refractivity contribution is -0.143. The Hall–Kier alpha value is -1.35. The molecule has 3 nitrogen and oxygen atoms in total. The fourth-order valence-electron chi connectivity index (χ4n) is 2.62. The third-order valence-corrected chi connectivity index (χ3v) is 3.46. The van der Waals surface area contributed by atoms with Gasteiger partial charge in [-0.15, -0.1) is 0 Å². The molecule has 1 fully saturated rings. The number of aliphatic carboxylic acids is 1. The summed E-state index contributed by atoms with van der Waals surface area (Å²) >= 11 is 0. The summed E-state index contributed by atoms with van der Waals surface area (Å²) in [6.07, 6.45) is 2.21. The average Bonchev–Trinajstić information content (AvgIpc) is 2.74. The van der Waals surface area contributed by atoms with E-state index in [1.54, 1.807) is 0 Å². The molecule has 1 N–H and O–H groups in total. The van der Waals surface area contributed by atoms with E-state index in [0.717, 1.165) is 37.1 Å². The normalized spacial score (nSPS) is 18.2. The van der Waals surface area contributed by atoms with Crippen molar-refractivity contribution in [2.75, 3.05) is 13.1 Å². The minimum atomic E-state index is -0.737. The average molecular weight is 233 g/mol. The van der Waals surface area contributed by atoms with Gasteiger partial charge in [-0.05, 0) is 50.9 Å². The summed E-state index contributed by atoms with van der Waals surface area (Å²) < 4.78 is 0. The van der Waals surface area contributed by atoms with E-state index in [1.165, 1.54) is 5.56 Å². The van der Waals surface area contributed by atoms with Crippen LogP contribution in [-0.4, -0.2) is 29.1 Å². The summed E-state index contributed by atoms with van der Waals surface area (Å²) in [6, 6.07) is 5.54. The quantitative estimate of drug-likeness (QED) is 0.872. The first kappa shape index (κ1) is 12.1. The van der Waals surface area contributed by atoms with Crippen LogP contribution in [0.25, 0.3) is 0 Å². The second-order valence-corrected chi connectivity index (χ2v) is 4.84. The summed E-state index contributed by atoms with van der Waals surface area (Å²) in [5, 5.41) is 9.44. The molecule has 1 saturated heterocycles. The third kappa shape index (κ3) is 2.50. The van der Waals surface area contributed by atoms with Crippen molar-refractivity contribution in [3.63, 3.8) is 0 Å². The van der Waals surface area contributed by atoms with E-state index < -0.39 is 12.0 Å². The molecule has 2 rings (SSSR count). The van der Waals surface area contributed by atoms with Crippen LogP contribution in [0.2, 0.25) is 0 Å². The fourth-order valence-corrected chi connectivity index (χ4v) is 2.62. The van der Waals surface area contributed by atoms with E-state index in [-0.39, 0.29) is 0 Å². The number of likely N-dealkylation sites (tertiary alicyclic amines) is 1. The Kier molecular flexibility index (Phi) is 3.48. The van der Waals surface area contributed by atoms with Crippen LogP contribution in [0, 0.1) is 13.8 Å². The molecule has 0 aliphatic carbocycles. The van der Waals surface area contributed by atoms with Crippen LogP contribution in [0.15, 0.2) is 18.2 Å². The predicted octanol–water partition coefficient (Wildman–Crippen LogP) is 2.52. The van der Waals surface area contributed by atoms with Crippen LogP contribution in [-0.2, 0) is 4.79 Å². The van der Waals surface area contributed by atoms with Gasteiger partial charge in [-0.2, -0.15) is 0 Å². The van der Waals surface area contributed by atoms with E-state index in [4.69, 9.17) is 0 Å². The smallest absolute Gasteiger partial charge is 0.325 e. The second-order valence-electron chi connectivity index (χ2n) is 4.84. The summed E-state index contributed by atoms with van der Waals surface area (Å²) in [7, 11) is 0. The first-order chi connectivity index (χ1) is 8.09. The maximum absolute atomic E-state index is 11.5. The van der Waals surface area contributed by atoms with Gasteiger partial charge in [0.05, 0.1) is 0 Å². The minimum absolute atomic E-state index is 0.474. The van der Waals surface area contributed by atoms with Crippen molar-refractivity contribution in [2.24, 2.45) is 0 Å². The fraction of sp³-hybridized carbons (Fsp3) is 0.500. The van der Waals surface area contributed by atoms with Gasteiger partial charge >= 0.3 is 5.97 Å². The number of rotatable bonds is 3. The van der Waals surface area contributed by atoms with Gasteiger partial charge in [0.2, 0.25) is 0 Å². The zero-order chi connectivity index (χ0) is 12.4. The van der Waals surface area contributed by atoms with Gasteiger partial charge < -0.3 is 5.11 Å². The van der Waals surface area contributed by atoms with Crippen LogP contribution in [0.3, 0.4) is 0 Å². The number of nitrogens with zero attached hydrogens (tertiary/aromatic N) is 1. The van der Waals surface area contributed by atoms with Crippen molar-refractivity contribution >= 4 is 5.97 Å². The van der Waals surface area contributed by atoms with Gasteiger partial charge in [0, 0.05) is 0 Å². The predicted molar refractivity (Wildman–Crippen MR) is 67.1 cm³/mol. The Bertz CT molecular complexity index is 422. The van der Waals surface area contributed by atoms with Gasteiger partial charge in [-0.3, -0.25) is 9.69 Å². The molecule has 0 amide bonds. The van der Waals surface area contributed by atoms with Gasteiger partial charge in [-0.1, -0.05) is 23.8 Å². The number of carboxylic acids is 1. The van der Waals surface area contributed by atoms with Crippen LogP contribution < -0.4 is 0 Å². The molecule has 0 saturated carbocycles. The SMILES string of the molecule is Cc1ccc(C(C(=O)O)N2CCCC2)c(C)c1. The van der Waals surface area contributed by atoms with E-state index in [1.807, 2.05) is 26.0 Å². The number of aryl methyl sites for hydroxylation is 2. The van der Waals surface area contributed by atoms with E-state index in [9.17, 15) is 9.90 Å². The molecule has 0 aromatic heterocycles. The van der Waals surface area contributed by atoms with Crippen LogP contribution >= 0.6 is 0 Å². The van der Waals surface area contributed by atoms with Crippen molar-refractivity contribution in [2.45, 2.75) is 32.7 Å². The van der Waals surface area contributed by atoms with E-state index in [0.29, 0.717) is 0 Å². The van der Waals surface area contributed by atoms with Crippen LogP contribution in [0.5, 0.6) is 0 Å². The Morgan fingerprint density at radius 3 is 2.47 bits per heavy atom. The zero-order valence-corrected chi connectivity index (χ0v) is 10.4. The lowest BCUT2D eigenvalue weighted by Gasteiger charge is -2.25. The Morgan fingerprint density at radius 2 is 1.94 bits per heavy atom. The van der Waals surface area contributed by atoms with Gasteiger partial charge in [0.15, 0.2) is 0 Å². The maximum atomic E-state index is 11.5. The standard InChI is InChI=1S/C14H19NO2/c1-10-5-6-12(11(2)9-10)13(14(16)17)15-7-3-4-8-15/h5-6,9,13H,3-4,7-8H2,1-2H3,(H,16,17). The minimum Gasteiger partial charge on any atom is -0.480 e. The topological polar surface area (TPSA) is 40.5 Å². The van der Waals surface area contributed by atoms with E-state index >= 15 is 0 Å². The summed E-state index contributed by atoms with van der Waals surface area (Å²) in [6.45, 7) is 5.81. The largest absolute Gasteiger partial charge is 0.480 e. The number of hydrogen-bond acceptors (Lipinski definition) is 2. The Morgan fingerprint density at radius 1 is 1.29 bits per heavy atom. The first-order valence-electron chi connectivity index (χ1n) is 6.13. The first-order valence-corrected chi connectivity index (χ1v) is 6.13. The molecule has 1 atom stereocenters. The molecule has 1 aromatic rings. The summed E-state index contributed by atoms with van der Waals surface area (Å²) in [4.78, 5) is 13.6. The molecule has 1 aromatic carbocycles. The Labute approximate surface area is 102 Å². The highest BCUT2D eigenvalue weighted by Gasteiger charge is 2.30. The molecule has 17 heavy (non-hydrogen) atoms. The van der Waals surface area contributed by atoms with Crippen LogP contribution in [0.1, 0.15) is 35.6 Å². The summed E-state index contributed by atoms with van der Waals surface area (Å²) in [5.41, 5.74) is 3.19. The van der Waals surface area contributed by atoms with Gasteiger partial charge in [0.25, 0.3) is 0 Å². The summed E-state index contributed by atoms with van der Waals surface area (Å²) in [5.74, 6) is -0.737. The maximum Gasteiger partial charge on any atom is 0.325 e. The number of hydrogen-bond donors (Lipinski definition) is 1. The molecule has 1 unspecified atom stereocenters. The highest BCUT2D eigenvalue weighted by Crippen LogP contribution is 2.28. The molecule has 3 heteroatoms. The zero-order valence-electron chi connectivity index (χ0n) is 10.4.